The lowest BCUT2D eigenvalue weighted by atomic mass is 9.44. The zero-order chi connectivity index (χ0) is 34.7. The van der Waals surface area contributed by atoms with Crippen molar-refractivity contribution in [2.75, 3.05) is 0 Å². The summed E-state index contributed by atoms with van der Waals surface area (Å²) in [5.41, 5.74) is 2.02. The summed E-state index contributed by atoms with van der Waals surface area (Å²) in [6.45, 7) is 0. The van der Waals surface area contributed by atoms with E-state index in [9.17, 15) is 0 Å². The van der Waals surface area contributed by atoms with Gasteiger partial charge in [0.25, 0.3) is 0 Å². The molecule has 0 N–H and O–H groups in total. The quantitative estimate of drug-likeness (QED) is 0.231. The van der Waals surface area contributed by atoms with Crippen LogP contribution < -0.4 is 0 Å². The van der Waals surface area contributed by atoms with Crippen LogP contribution in [0.1, 0.15) is 225 Å². The second kappa shape index (κ2) is 17.9. The van der Waals surface area contributed by atoms with Gasteiger partial charge in [-0.1, -0.05) is 140 Å². The smallest absolute Gasteiger partial charge is 0.0200 e. The van der Waals surface area contributed by atoms with Crippen molar-refractivity contribution in [3.8, 4) is 0 Å². The molecule has 0 saturated heterocycles. The van der Waals surface area contributed by atoms with Crippen LogP contribution in [0.4, 0.5) is 0 Å². The van der Waals surface area contributed by atoms with E-state index in [1.54, 1.807) is 148 Å². The van der Waals surface area contributed by atoms with Gasteiger partial charge in [0.15, 0.2) is 0 Å². The SMILES string of the molecule is C(=C(C1CCCCC1)C1CCCCC1)C1CCC(C2C3CCCCC3C(C3CC(C4CCCCC4)CC(C4CCCCC4)C3)C3CCCCC32)CC1. The van der Waals surface area contributed by atoms with Gasteiger partial charge in [0.05, 0.1) is 0 Å². The summed E-state index contributed by atoms with van der Waals surface area (Å²) in [7, 11) is 0. The molecule has 0 aromatic carbocycles. The fourth-order valence-electron chi connectivity index (χ4n) is 17.5. The Morgan fingerprint density at radius 2 is 0.615 bits per heavy atom. The minimum Gasteiger partial charge on any atom is -0.0817 e. The molecule has 0 bridgehead atoms. The molecule has 0 radical (unpaired) electrons. The maximum Gasteiger partial charge on any atom is -0.0200 e. The Bertz CT molecular complexity index is 1030. The molecule has 9 rings (SSSR count). The summed E-state index contributed by atoms with van der Waals surface area (Å²) in [4.78, 5) is 0. The number of hydrogen-bond acceptors (Lipinski definition) is 0. The van der Waals surface area contributed by atoms with Crippen LogP contribution >= 0.6 is 0 Å². The lowest BCUT2D eigenvalue weighted by molar-refractivity contribution is -0.122. The summed E-state index contributed by atoms with van der Waals surface area (Å²) in [5, 5.41) is 0. The van der Waals surface area contributed by atoms with Gasteiger partial charge in [-0.05, 0) is 185 Å². The van der Waals surface area contributed by atoms with E-state index in [0.29, 0.717) is 0 Å². The molecule has 0 aromatic heterocycles. The summed E-state index contributed by atoms with van der Waals surface area (Å²) < 4.78 is 0. The molecule has 0 heterocycles. The first-order valence-electron chi connectivity index (χ1n) is 25.5. The van der Waals surface area contributed by atoms with Crippen LogP contribution in [0.2, 0.25) is 0 Å². The van der Waals surface area contributed by atoms with Crippen molar-refractivity contribution < 1.29 is 0 Å². The van der Waals surface area contributed by atoms with E-state index in [1.165, 1.54) is 77.0 Å². The molecule has 52 heavy (non-hydrogen) atoms. The highest BCUT2D eigenvalue weighted by atomic mass is 14.6. The molecule has 6 atom stereocenters. The van der Waals surface area contributed by atoms with Gasteiger partial charge in [-0.2, -0.15) is 0 Å². The standard InChI is InChI=1S/C52H86/c1-5-17-38(18-6-1)43-34-44(39-19-7-2-8-20-39)36-45(35-43)52-48-27-15-13-25-46(48)51(47-26-14-16-28-49(47)52)42-31-29-37(30-32-42)33-50(40-21-9-3-10-22-40)41-23-11-4-12-24-41/h33,37-49,51-52H,1-32,34-36H2. The van der Waals surface area contributed by atoms with Gasteiger partial charge in [0.2, 0.25) is 0 Å². The summed E-state index contributed by atoms with van der Waals surface area (Å²) >= 11 is 0. The molecule has 0 heteroatoms. The van der Waals surface area contributed by atoms with Gasteiger partial charge in [-0.3, -0.25) is 0 Å². The van der Waals surface area contributed by atoms with E-state index in [4.69, 9.17) is 0 Å². The summed E-state index contributed by atoms with van der Waals surface area (Å²) in [6, 6.07) is 0. The van der Waals surface area contributed by atoms with Crippen molar-refractivity contribution in [1.82, 2.24) is 0 Å². The topological polar surface area (TPSA) is 0 Å². The Balaban J connectivity index is 0.937. The van der Waals surface area contributed by atoms with Crippen molar-refractivity contribution in [3.05, 3.63) is 11.6 Å². The second-order valence-corrected chi connectivity index (χ2v) is 22.2. The van der Waals surface area contributed by atoms with Crippen LogP contribution in [0.15, 0.2) is 11.6 Å². The fraction of sp³-hybridized carbons (Fsp3) is 0.962. The Hall–Kier alpha value is -0.260. The Kier molecular flexibility index (Phi) is 12.8. The third-order valence-corrected chi connectivity index (χ3v) is 19.7. The average Bonchev–Trinajstić information content (AvgIpc) is 3.23. The minimum atomic E-state index is 0.923. The van der Waals surface area contributed by atoms with Crippen LogP contribution in [-0.2, 0) is 0 Å². The van der Waals surface area contributed by atoms with Gasteiger partial charge >= 0.3 is 0 Å². The van der Waals surface area contributed by atoms with Crippen molar-refractivity contribution in [2.24, 2.45) is 88.8 Å². The van der Waals surface area contributed by atoms with Gasteiger partial charge in [0, 0.05) is 0 Å². The molecule has 0 spiro atoms. The van der Waals surface area contributed by atoms with Gasteiger partial charge in [-0.15, -0.1) is 0 Å². The second-order valence-electron chi connectivity index (χ2n) is 22.2. The van der Waals surface area contributed by atoms with E-state index in [2.05, 4.69) is 6.08 Å². The first-order chi connectivity index (χ1) is 25.8. The molecule has 0 amide bonds. The van der Waals surface area contributed by atoms with E-state index in [0.717, 1.165) is 88.8 Å². The van der Waals surface area contributed by atoms with E-state index in [1.807, 2.05) is 5.57 Å². The summed E-state index contributed by atoms with van der Waals surface area (Å²) in [6.07, 6.45) is 58.0. The van der Waals surface area contributed by atoms with Gasteiger partial charge < -0.3 is 0 Å². The Morgan fingerprint density at radius 3 is 1.04 bits per heavy atom. The van der Waals surface area contributed by atoms with Gasteiger partial charge in [0.1, 0.15) is 0 Å². The fourth-order valence-corrected chi connectivity index (χ4v) is 17.5. The van der Waals surface area contributed by atoms with E-state index in [-0.39, 0.29) is 0 Å². The molecular formula is C52H86. The number of rotatable bonds is 7. The van der Waals surface area contributed by atoms with Crippen LogP contribution in [0.5, 0.6) is 0 Å². The van der Waals surface area contributed by atoms with Crippen molar-refractivity contribution in [1.29, 1.82) is 0 Å². The van der Waals surface area contributed by atoms with Crippen LogP contribution in [0.3, 0.4) is 0 Å². The highest BCUT2D eigenvalue weighted by Crippen LogP contribution is 2.64. The Labute approximate surface area is 324 Å². The largest absolute Gasteiger partial charge is 0.0817 e. The van der Waals surface area contributed by atoms with Crippen molar-refractivity contribution in [3.63, 3.8) is 0 Å². The molecule has 9 fully saturated rings. The maximum absolute atomic E-state index is 3.01. The molecule has 0 nitrogen and oxygen atoms in total. The predicted molar refractivity (Wildman–Crippen MR) is 222 cm³/mol. The zero-order valence-electron chi connectivity index (χ0n) is 34.5. The molecule has 9 aliphatic carbocycles. The third kappa shape index (κ3) is 8.24. The monoisotopic (exact) mass is 711 g/mol. The molecular weight excluding hydrogens is 625 g/mol. The van der Waals surface area contributed by atoms with Crippen LogP contribution in [0, 0.1) is 88.8 Å². The number of allylic oxidation sites excluding steroid dienone is 2. The molecule has 9 aliphatic rings. The zero-order valence-corrected chi connectivity index (χ0v) is 34.5. The molecule has 9 saturated carbocycles. The summed E-state index contributed by atoms with van der Waals surface area (Å²) in [5.74, 6) is 16.1. The molecule has 0 aliphatic heterocycles. The van der Waals surface area contributed by atoms with E-state index < -0.39 is 0 Å². The highest BCUT2D eigenvalue weighted by molar-refractivity contribution is 5.15. The maximum atomic E-state index is 3.01. The van der Waals surface area contributed by atoms with Crippen molar-refractivity contribution >= 4 is 0 Å². The Morgan fingerprint density at radius 1 is 0.269 bits per heavy atom. The number of hydrogen-bond donors (Lipinski definition) is 0. The molecule has 294 valence electrons. The minimum absolute atomic E-state index is 0.923. The van der Waals surface area contributed by atoms with Gasteiger partial charge in [-0.25, -0.2) is 0 Å². The normalized spacial score (nSPS) is 43.7. The lowest BCUT2D eigenvalue weighted by Gasteiger charge is -2.61. The first kappa shape index (κ1) is 37.3. The lowest BCUT2D eigenvalue weighted by Crippen LogP contribution is -2.54. The molecule has 0 aromatic rings. The van der Waals surface area contributed by atoms with Crippen LogP contribution in [-0.4, -0.2) is 0 Å². The van der Waals surface area contributed by atoms with E-state index >= 15 is 0 Å². The predicted octanol–water partition coefficient (Wildman–Crippen LogP) is 15.9. The van der Waals surface area contributed by atoms with Crippen molar-refractivity contribution in [2.45, 2.75) is 225 Å². The average molecular weight is 711 g/mol. The first-order valence-corrected chi connectivity index (χ1v) is 25.5. The molecule has 6 unspecified atom stereocenters. The highest BCUT2D eigenvalue weighted by Gasteiger charge is 2.56. The number of fused-ring (bicyclic) bond motifs is 2. The van der Waals surface area contributed by atoms with Crippen LogP contribution in [0.25, 0.3) is 0 Å². The third-order valence-electron chi connectivity index (χ3n) is 19.7.